The molecule has 38 heavy (non-hydrogen) atoms. The summed E-state index contributed by atoms with van der Waals surface area (Å²) in [5.74, 6) is -1.97. The summed E-state index contributed by atoms with van der Waals surface area (Å²) >= 11 is 6.10. The van der Waals surface area contributed by atoms with E-state index in [1.807, 2.05) is 0 Å². The minimum Gasteiger partial charge on any atom is -0.496 e. The lowest BCUT2D eigenvalue weighted by Gasteiger charge is -2.18. The number of nitrogens with one attached hydrogen (secondary N) is 2. The lowest BCUT2D eigenvalue weighted by Crippen LogP contribution is -2.34. The van der Waals surface area contributed by atoms with Gasteiger partial charge in [0.25, 0.3) is 5.89 Å². The standard InChI is InChI=1S/C24H15ClF5N5O3/c1-37-18-10-14(35-23(36)32-21(33-35)19-16(25)3-2-4-17(19)27)5-6-15(18)22-31-20(34-38-22)11-7-12(24(28,29)30)9-13(26)8-11/h2-10,21,33H,1H3,(H,32,36). The van der Waals surface area contributed by atoms with Gasteiger partial charge in [-0.1, -0.05) is 22.8 Å². The number of urea groups is 1. The van der Waals surface area contributed by atoms with Crippen LogP contribution in [0.15, 0.2) is 59.1 Å². The van der Waals surface area contributed by atoms with E-state index < -0.39 is 35.6 Å². The van der Waals surface area contributed by atoms with Crippen LogP contribution in [-0.4, -0.2) is 23.3 Å². The fourth-order valence-corrected chi connectivity index (χ4v) is 4.12. The van der Waals surface area contributed by atoms with Crippen molar-refractivity contribution >= 4 is 23.3 Å². The van der Waals surface area contributed by atoms with Crippen LogP contribution in [0.3, 0.4) is 0 Å². The number of halogens is 6. The number of carbonyl (C=O) groups is 1. The molecule has 1 fully saturated rings. The highest BCUT2D eigenvalue weighted by Crippen LogP contribution is 2.37. The molecule has 1 atom stereocenters. The van der Waals surface area contributed by atoms with E-state index in [4.69, 9.17) is 20.9 Å². The number of hydrogen-bond acceptors (Lipinski definition) is 6. The Kier molecular flexibility index (Phi) is 6.41. The molecule has 2 heterocycles. The molecule has 1 unspecified atom stereocenters. The Morgan fingerprint density at radius 1 is 1.11 bits per heavy atom. The first-order chi connectivity index (χ1) is 18.0. The van der Waals surface area contributed by atoms with Crippen molar-refractivity contribution in [2.24, 2.45) is 0 Å². The van der Waals surface area contributed by atoms with Crippen molar-refractivity contribution < 1.29 is 36.0 Å². The highest BCUT2D eigenvalue weighted by molar-refractivity contribution is 6.31. The fourth-order valence-electron chi connectivity index (χ4n) is 3.85. The quantitative estimate of drug-likeness (QED) is 0.291. The number of methoxy groups -OCH3 is 1. The van der Waals surface area contributed by atoms with Crippen molar-refractivity contribution in [3.63, 3.8) is 0 Å². The maximum atomic E-state index is 14.3. The molecule has 0 spiro atoms. The number of benzene rings is 3. The number of alkyl halides is 3. The summed E-state index contributed by atoms with van der Waals surface area (Å²) < 4.78 is 77.9. The average molecular weight is 552 g/mol. The number of hydrazine groups is 1. The van der Waals surface area contributed by atoms with Crippen LogP contribution in [-0.2, 0) is 6.18 Å². The predicted octanol–water partition coefficient (Wildman–Crippen LogP) is 6.10. The van der Waals surface area contributed by atoms with Crippen molar-refractivity contribution in [3.8, 4) is 28.6 Å². The van der Waals surface area contributed by atoms with Gasteiger partial charge in [0.1, 0.15) is 23.5 Å². The van der Waals surface area contributed by atoms with E-state index in [0.717, 1.165) is 11.1 Å². The van der Waals surface area contributed by atoms with Crippen LogP contribution in [0.2, 0.25) is 5.02 Å². The van der Waals surface area contributed by atoms with Gasteiger partial charge in [-0.15, -0.1) is 0 Å². The van der Waals surface area contributed by atoms with Gasteiger partial charge in [0, 0.05) is 17.2 Å². The third-order valence-electron chi connectivity index (χ3n) is 5.60. The number of aromatic nitrogens is 2. The molecule has 1 aromatic heterocycles. The molecule has 0 saturated carbocycles. The summed E-state index contributed by atoms with van der Waals surface area (Å²) in [6.07, 6.45) is -5.72. The Balaban J connectivity index is 1.43. The summed E-state index contributed by atoms with van der Waals surface area (Å²) in [7, 11) is 1.33. The maximum absolute atomic E-state index is 14.3. The molecule has 2 N–H and O–H groups in total. The highest BCUT2D eigenvalue weighted by Gasteiger charge is 2.34. The summed E-state index contributed by atoms with van der Waals surface area (Å²) in [6, 6.07) is 9.85. The predicted molar refractivity (Wildman–Crippen MR) is 125 cm³/mol. The normalized spacial score (nSPS) is 15.6. The molecule has 14 heteroatoms. The second-order valence-electron chi connectivity index (χ2n) is 8.02. The number of rotatable bonds is 5. The summed E-state index contributed by atoms with van der Waals surface area (Å²) in [5.41, 5.74) is 1.98. The molecular weight excluding hydrogens is 537 g/mol. The molecule has 2 amide bonds. The first kappa shape index (κ1) is 25.4. The van der Waals surface area contributed by atoms with Crippen LogP contribution in [0, 0.1) is 11.6 Å². The number of nitrogens with zero attached hydrogens (tertiary/aromatic N) is 3. The van der Waals surface area contributed by atoms with Gasteiger partial charge in [0.2, 0.25) is 5.82 Å². The minimum absolute atomic E-state index is 0.0537. The Hall–Kier alpha value is -4.23. The van der Waals surface area contributed by atoms with E-state index in [2.05, 4.69) is 20.9 Å². The third-order valence-corrected chi connectivity index (χ3v) is 5.93. The van der Waals surface area contributed by atoms with Gasteiger partial charge < -0.3 is 14.6 Å². The number of carbonyl (C=O) groups excluding carboxylic acids is 1. The Labute approximate surface area is 215 Å². The number of anilines is 1. The molecule has 0 bridgehead atoms. The number of amides is 2. The summed E-state index contributed by atoms with van der Waals surface area (Å²) in [5, 5.41) is 7.48. The first-order valence-corrected chi connectivity index (χ1v) is 11.1. The molecule has 5 rings (SSSR count). The van der Waals surface area contributed by atoms with E-state index in [1.54, 1.807) is 0 Å². The average Bonchev–Trinajstić information content (AvgIpc) is 3.50. The van der Waals surface area contributed by atoms with Crippen LogP contribution in [0.5, 0.6) is 5.75 Å². The van der Waals surface area contributed by atoms with Crippen LogP contribution in [0.4, 0.5) is 32.4 Å². The van der Waals surface area contributed by atoms with Gasteiger partial charge in [-0.25, -0.2) is 18.6 Å². The Bertz CT molecular complexity index is 1520. The third kappa shape index (κ3) is 4.73. The minimum atomic E-state index is -4.77. The molecular formula is C24H15ClF5N5O3. The maximum Gasteiger partial charge on any atom is 0.416 e. The lowest BCUT2D eigenvalue weighted by molar-refractivity contribution is -0.137. The van der Waals surface area contributed by atoms with Crippen LogP contribution >= 0.6 is 11.6 Å². The van der Waals surface area contributed by atoms with Crippen molar-refractivity contribution in [2.75, 3.05) is 12.1 Å². The highest BCUT2D eigenvalue weighted by atomic mass is 35.5. The van der Waals surface area contributed by atoms with Crippen molar-refractivity contribution in [1.29, 1.82) is 0 Å². The number of ether oxygens (including phenoxy) is 1. The Morgan fingerprint density at radius 3 is 2.61 bits per heavy atom. The smallest absolute Gasteiger partial charge is 0.416 e. The second-order valence-corrected chi connectivity index (χ2v) is 8.42. The lowest BCUT2D eigenvalue weighted by atomic mass is 10.1. The van der Waals surface area contributed by atoms with Crippen LogP contribution in [0.25, 0.3) is 22.8 Å². The molecule has 4 aromatic rings. The molecule has 1 aliphatic rings. The SMILES string of the molecule is COc1cc(N2NC(c3c(F)cccc3Cl)NC2=O)ccc1-c1nc(-c2cc(F)cc(C(F)(F)F)c2)no1. The summed E-state index contributed by atoms with van der Waals surface area (Å²) in [6.45, 7) is 0. The van der Waals surface area contributed by atoms with Gasteiger partial charge in [-0.3, -0.25) is 0 Å². The first-order valence-electron chi connectivity index (χ1n) is 10.8. The zero-order valence-corrected chi connectivity index (χ0v) is 19.9. The van der Waals surface area contributed by atoms with E-state index in [-0.39, 0.29) is 44.9 Å². The molecule has 196 valence electrons. The van der Waals surface area contributed by atoms with E-state index in [9.17, 15) is 26.7 Å². The topological polar surface area (TPSA) is 92.5 Å². The van der Waals surface area contributed by atoms with Crippen molar-refractivity contribution in [2.45, 2.75) is 12.3 Å². The van der Waals surface area contributed by atoms with Gasteiger partial charge in [-0.2, -0.15) is 23.6 Å². The van der Waals surface area contributed by atoms with Crippen molar-refractivity contribution in [3.05, 3.63) is 82.4 Å². The largest absolute Gasteiger partial charge is 0.496 e. The molecule has 1 aliphatic heterocycles. The number of hydrogen-bond donors (Lipinski definition) is 2. The molecule has 0 radical (unpaired) electrons. The van der Waals surface area contributed by atoms with Crippen molar-refractivity contribution in [1.82, 2.24) is 20.9 Å². The molecule has 0 aliphatic carbocycles. The van der Waals surface area contributed by atoms with E-state index >= 15 is 0 Å². The van der Waals surface area contributed by atoms with Gasteiger partial charge in [0.05, 0.1) is 28.9 Å². The summed E-state index contributed by atoms with van der Waals surface area (Å²) in [4.78, 5) is 16.7. The molecule has 1 saturated heterocycles. The molecule has 8 nitrogen and oxygen atoms in total. The molecule has 3 aromatic carbocycles. The van der Waals surface area contributed by atoms with E-state index in [1.165, 1.54) is 43.5 Å². The second kappa shape index (κ2) is 9.58. The van der Waals surface area contributed by atoms with Gasteiger partial charge in [-0.05, 0) is 42.5 Å². The monoisotopic (exact) mass is 551 g/mol. The van der Waals surface area contributed by atoms with Gasteiger partial charge >= 0.3 is 12.2 Å². The van der Waals surface area contributed by atoms with Crippen LogP contribution in [0.1, 0.15) is 17.3 Å². The fraction of sp³-hybridized carbons (Fsp3) is 0.125. The Morgan fingerprint density at radius 2 is 1.89 bits per heavy atom. The zero-order chi connectivity index (χ0) is 27.2. The van der Waals surface area contributed by atoms with Gasteiger partial charge in [0.15, 0.2) is 0 Å². The zero-order valence-electron chi connectivity index (χ0n) is 19.1. The van der Waals surface area contributed by atoms with E-state index in [0.29, 0.717) is 12.1 Å². The van der Waals surface area contributed by atoms with Crippen LogP contribution < -0.4 is 20.5 Å².